The number of nitrogens with zero attached hydrogens (tertiary/aromatic N) is 1. The molecule has 3 N–H and O–H groups in total. The van der Waals surface area contributed by atoms with E-state index in [0.29, 0.717) is 5.82 Å². The summed E-state index contributed by atoms with van der Waals surface area (Å²) in [5, 5.41) is 4.26. The van der Waals surface area contributed by atoms with Crippen LogP contribution in [0.4, 0.5) is 10.8 Å². The summed E-state index contributed by atoms with van der Waals surface area (Å²) in [6.07, 6.45) is 2.09. The number of nitrogens with two attached hydrogens (primary N) is 1. The van der Waals surface area contributed by atoms with E-state index in [1.165, 1.54) is 11.5 Å². The molecule has 0 aliphatic rings. The van der Waals surface area contributed by atoms with E-state index >= 15 is 0 Å². The number of nitrogens with one attached hydrogen (secondary N) is 1. The van der Waals surface area contributed by atoms with Crippen molar-refractivity contribution in [2.75, 3.05) is 30.8 Å². The van der Waals surface area contributed by atoms with Gasteiger partial charge in [0.1, 0.15) is 10.8 Å². The Bertz CT molecular complexity index is 252. The highest BCUT2D eigenvalue weighted by molar-refractivity contribution is 7.10. The van der Waals surface area contributed by atoms with E-state index in [1.54, 1.807) is 0 Å². The Hall–Kier alpha value is -0.810. The van der Waals surface area contributed by atoms with Gasteiger partial charge < -0.3 is 15.8 Å². The molecular weight excluding hydrogens is 198 g/mol. The molecule has 0 fully saturated rings. The molecule has 0 unspecified atom stereocenters. The van der Waals surface area contributed by atoms with Crippen molar-refractivity contribution >= 4 is 22.4 Å². The smallest absolute Gasteiger partial charge is 0.139 e. The van der Waals surface area contributed by atoms with Crippen LogP contribution in [0, 0.1) is 0 Å². The van der Waals surface area contributed by atoms with E-state index in [0.717, 1.165) is 37.6 Å². The topological polar surface area (TPSA) is 60.2 Å². The van der Waals surface area contributed by atoms with E-state index in [-0.39, 0.29) is 0 Å². The summed E-state index contributed by atoms with van der Waals surface area (Å²) >= 11 is 1.39. The van der Waals surface area contributed by atoms with E-state index in [1.807, 2.05) is 6.07 Å². The first-order chi connectivity index (χ1) is 6.83. The molecular formula is C9H17N3OS. The molecule has 0 radical (unpaired) electrons. The maximum atomic E-state index is 5.48. The molecule has 0 aliphatic carbocycles. The van der Waals surface area contributed by atoms with Gasteiger partial charge in [0.25, 0.3) is 0 Å². The van der Waals surface area contributed by atoms with Gasteiger partial charge in [-0.05, 0) is 24.4 Å². The number of hydrogen-bond acceptors (Lipinski definition) is 5. The van der Waals surface area contributed by atoms with Crippen molar-refractivity contribution in [3.63, 3.8) is 0 Å². The SMILES string of the molecule is CCCOCCCNc1cc(N)ns1. The molecule has 5 heteroatoms. The van der Waals surface area contributed by atoms with Crippen molar-refractivity contribution in [2.24, 2.45) is 0 Å². The summed E-state index contributed by atoms with van der Waals surface area (Å²) in [5.74, 6) is 0.583. The van der Waals surface area contributed by atoms with Crippen LogP contribution in [0.5, 0.6) is 0 Å². The lowest BCUT2D eigenvalue weighted by molar-refractivity contribution is 0.134. The largest absolute Gasteiger partial charge is 0.383 e. The van der Waals surface area contributed by atoms with E-state index in [4.69, 9.17) is 10.5 Å². The molecule has 0 atom stereocenters. The van der Waals surface area contributed by atoms with E-state index < -0.39 is 0 Å². The zero-order valence-corrected chi connectivity index (χ0v) is 9.27. The first-order valence-electron chi connectivity index (χ1n) is 4.86. The third-order valence-electron chi connectivity index (χ3n) is 1.64. The highest BCUT2D eigenvalue weighted by Gasteiger charge is 1.96. The second kappa shape index (κ2) is 6.62. The Labute approximate surface area is 88.6 Å². The van der Waals surface area contributed by atoms with Gasteiger partial charge in [0, 0.05) is 25.8 Å². The van der Waals surface area contributed by atoms with Gasteiger partial charge in [-0.1, -0.05) is 6.92 Å². The van der Waals surface area contributed by atoms with Crippen molar-refractivity contribution in [1.29, 1.82) is 0 Å². The second-order valence-electron chi connectivity index (χ2n) is 3.01. The Balaban J connectivity index is 1.99. The maximum Gasteiger partial charge on any atom is 0.139 e. The standard InChI is InChI=1S/C9H17N3OS/c1-2-5-13-6-3-4-11-9-7-8(10)12-14-9/h7,11H,2-6H2,1H3,(H2,10,12). The molecule has 4 nitrogen and oxygen atoms in total. The molecule has 1 heterocycles. The predicted octanol–water partition coefficient (Wildman–Crippen LogP) is 1.95. The third kappa shape index (κ3) is 4.43. The average molecular weight is 215 g/mol. The van der Waals surface area contributed by atoms with Crippen molar-refractivity contribution in [3.05, 3.63) is 6.07 Å². The third-order valence-corrected chi connectivity index (χ3v) is 2.40. The number of anilines is 2. The summed E-state index contributed by atoms with van der Waals surface area (Å²) in [5.41, 5.74) is 5.48. The monoisotopic (exact) mass is 215 g/mol. The zero-order chi connectivity index (χ0) is 10.2. The lowest BCUT2D eigenvalue weighted by Crippen LogP contribution is -2.05. The highest BCUT2D eigenvalue weighted by Crippen LogP contribution is 2.16. The van der Waals surface area contributed by atoms with Crippen LogP contribution >= 0.6 is 11.5 Å². The Morgan fingerprint density at radius 1 is 1.57 bits per heavy atom. The molecule has 1 aromatic rings. The Morgan fingerprint density at radius 2 is 2.43 bits per heavy atom. The van der Waals surface area contributed by atoms with Gasteiger partial charge in [0.15, 0.2) is 0 Å². The minimum Gasteiger partial charge on any atom is -0.383 e. The van der Waals surface area contributed by atoms with Crippen LogP contribution in [0.15, 0.2) is 6.07 Å². The molecule has 0 spiro atoms. The first kappa shape index (κ1) is 11.3. The van der Waals surface area contributed by atoms with Gasteiger partial charge in [0.05, 0.1) is 0 Å². The van der Waals surface area contributed by atoms with Gasteiger partial charge in [-0.2, -0.15) is 4.37 Å². The predicted molar refractivity (Wildman–Crippen MR) is 60.7 cm³/mol. The number of nitrogen functional groups attached to an aromatic ring is 1. The van der Waals surface area contributed by atoms with Crippen LogP contribution in [0.3, 0.4) is 0 Å². The lowest BCUT2D eigenvalue weighted by atomic mass is 10.4. The van der Waals surface area contributed by atoms with Crippen LogP contribution in [0.1, 0.15) is 19.8 Å². The highest BCUT2D eigenvalue weighted by atomic mass is 32.1. The van der Waals surface area contributed by atoms with Crippen LogP contribution in [0.2, 0.25) is 0 Å². The normalized spacial score (nSPS) is 10.4. The molecule has 0 saturated carbocycles. The van der Waals surface area contributed by atoms with Crippen molar-refractivity contribution in [1.82, 2.24) is 4.37 Å². The van der Waals surface area contributed by atoms with Crippen LogP contribution < -0.4 is 11.1 Å². The fourth-order valence-corrected chi connectivity index (χ4v) is 1.60. The number of rotatable bonds is 7. The minimum absolute atomic E-state index is 0.583. The summed E-state index contributed by atoms with van der Waals surface area (Å²) < 4.78 is 9.32. The van der Waals surface area contributed by atoms with Crippen LogP contribution in [-0.2, 0) is 4.74 Å². The van der Waals surface area contributed by atoms with E-state index in [2.05, 4.69) is 16.6 Å². The number of ether oxygens (including phenoxy) is 1. The summed E-state index contributed by atoms with van der Waals surface area (Å²) in [7, 11) is 0. The fraction of sp³-hybridized carbons (Fsp3) is 0.667. The molecule has 0 bridgehead atoms. The van der Waals surface area contributed by atoms with Gasteiger partial charge in [-0.15, -0.1) is 0 Å². The molecule has 0 saturated heterocycles. The summed E-state index contributed by atoms with van der Waals surface area (Å²) in [6, 6.07) is 1.84. The first-order valence-corrected chi connectivity index (χ1v) is 5.64. The quantitative estimate of drug-likeness (QED) is 0.682. The molecule has 1 rings (SSSR count). The summed E-state index contributed by atoms with van der Waals surface area (Å²) in [4.78, 5) is 0. The molecule has 0 aromatic carbocycles. The molecule has 0 aliphatic heterocycles. The van der Waals surface area contributed by atoms with Crippen molar-refractivity contribution < 1.29 is 4.74 Å². The lowest BCUT2D eigenvalue weighted by Gasteiger charge is -2.03. The number of aromatic nitrogens is 1. The number of hydrogen-bond donors (Lipinski definition) is 2. The Morgan fingerprint density at radius 3 is 3.07 bits per heavy atom. The molecule has 1 aromatic heterocycles. The average Bonchev–Trinajstić information content (AvgIpc) is 2.58. The van der Waals surface area contributed by atoms with E-state index in [9.17, 15) is 0 Å². The maximum absolute atomic E-state index is 5.48. The molecule has 14 heavy (non-hydrogen) atoms. The van der Waals surface area contributed by atoms with Crippen LogP contribution in [0.25, 0.3) is 0 Å². The van der Waals surface area contributed by atoms with Crippen molar-refractivity contribution in [2.45, 2.75) is 19.8 Å². The molecule has 80 valence electrons. The zero-order valence-electron chi connectivity index (χ0n) is 8.45. The minimum atomic E-state index is 0.583. The second-order valence-corrected chi connectivity index (χ2v) is 3.81. The fourth-order valence-electron chi connectivity index (χ4n) is 1.00. The van der Waals surface area contributed by atoms with Crippen LogP contribution in [-0.4, -0.2) is 24.1 Å². The Kier molecular flexibility index (Phi) is 5.32. The van der Waals surface area contributed by atoms with Gasteiger partial charge in [0.2, 0.25) is 0 Å². The summed E-state index contributed by atoms with van der Waals surface area (Å²) in [6.45, 7) is 4.69. The molecule has 0 amide bonds. The van der Waals surface area contributed by atoms with Crippen molar-refractivity contribution in [3.8, 4) is 0 Å². The van der Waals surface area contributed by atoms with Gasteiger partial charge >= 0.3 is 0 Å². The van der Waals surface area contributed by atoms with Gasteiger partial charge in [-0.3, -0.25) is 0 Å². The van der Waals surface area contributed by atoms with Gasteiger partial charge in [-0.25, -0.2) is 0 Å².